The topological polar surface area (TPSA) is 85.9 Å². The standard InChI is InChI=1S/C19H17FN6O2S/c1-24-21-11-19(23-24)29(27,28)25-7-6-13-9-18-14(8-15(13)12-25)10-22-26(18)17-4-2-16(20)3-5-17/h2-5,8-11H,6-7,12H2,1H3. The van der Waals surface area contributed by atoms with Crippen molar-refractivity contribution in [2.24, 2.45) is 7.05 Å². The van der Waals surface area contributed by atoms with Crippen molar-refractivity contribution in [1.82, 2.24) is 29.1 Å². The summed E-state index contributed by atoms with van der Waals surface area (Å²) in [5, 5.41) is 13.1. The third-order valence-corrected chi connectivity index (χ3v) is 6.83. The van der Waals surface area contributed by atoms with Crippen LogP contribution in [0, 0.1) is 5.82 Å². The molecule has 0 atom stereocenters. The average Bonchev–Trinajstić information content (AvgIpc) is 3.33. The lowest BCUT2D eigenvalue weighted by Crippen LogP contribution is -2.36. The zero-order valence-electron chi connectivity index (χ0n) is 15.5. The van der Waals surface area contributed by atoms with Gasteiger partial charge in [-0.05, 0) is 53.9 Å². The Hall–Kier alpha value is -3.11. The van der Waals surface area contributed by atoms with Crippen LogP contribution in [0.4, 0.5) is 4.39 Å². The molecule has 0 aliphatic carbocycles. The van der Waals surface area contributed by atoms with Gasteiger partial charge in [0.25, 0.3) is 10.0 Å². The van der Waals surface area contributed by atoms with Crippen LogP contribution in [-0.4, -0.2) is 44.0 Å². The van der Waals surface area contributed by atoms with Crippen molar-refractivity contribution in [2.45, 2.75) is 18.0 Å². The maximum atomic E-state index is 13.2. The molecule has 0 bridgehead atoms. The van der Waals surface area contributed by atoms with Crippen LogP contribution in [0.25, 0.3) is 16.6 Å². The summed E-state index contributed by atoms with van der Waals surface area (Å²) >= 11 is 0. The lowest BCUT2D eigenvalue weighted by Gasteiger charge is -2.27. The third-order valence-electron chi connectivity index (χ3n) is 5.12. The fourth-order valence-electron chi connectivity index (χ4n) is 3.63. The first kappa shape index (κ1) is 18.0. The van der Waals surface area contributed by atoms with E-state index in [9.17, 15) is 12.8 Å². The molecular weight excluding hydrogens is 395 g/mol. The van der Waals surface area contributed by atoms with E-state index in [0.717, 1.165) is 27.7 Å². The molecule has 148 valence electrons. The molecule has 2 aromatic heterocycles. The van der Waals surface area contributed by atoms with Gasteiger partial charge in [0.05, 0.1) is 23.6 Å². The second kappa shape index (κ2) is 6.46. The summed E-state index contributed by atoms with van der Waals surface area (Å²) in [6.07, 6.45) is 3.58. The molecule has 5 rings (SSSR count). The molecule has 8 nitrogen and oxygen atoms in total. The average molecular weight is 412 g/mol. The van der Waals surface area contributed by atoms with Crippen molar-refractivity contribution >= 4 is 20.9 Å². The zero-order valence-corrected chi connectivity index (χ0v) is 16.3. The van der Waals surface area contributed by atoms with Crippen molar-refractivity contribution in [3.63, 3.8) is 0 Å². The molecule has 2 aromatic carbocycles. The molecular formula is C19H17FN6O2S. The molecule has 0 spiro atoms. The highest BCUT2D eigenvalue weighted by Crippen LogP contribution is 2.29. The molecule has 29 heavy (non-hydrogen) atoms. The van der Waals surface area contributed by atoms with Gasteiger partial charge >= 0.3 is 0 Å². The van der Waals surface area contributed by atoms with Gasteiger partial charge in [0.1, 0.15) is 5.82 Å². The number of hydrogen-bond acceptors (Lipinski definition) is 5. The Morgan fingerprint density at radius 1 is 1.03 bits per heavy atom. The Labute approximate surface area is 166 Å². The van der Waals surface area contributed by atoms with Crippen molar-refractivity contribution < 1.29 is 12.8 Å². The van der Waals surface area contributed by atoms with Crippen LogP contribution < -0.4 is 0 Å². The van der Waals surface area contributed by atoms with Gasteiger partial charge in [-0.3, -0.25) is 0 Å². The van der Waals surface area contributed by atoms with E-state index in [1.165, 1.54) is 27.4 Å². The van der Waals surface area contributed by atoms with Gasteiger partial charge in [0.15, 0.2) is 0 Å². The molecule has 0 N–H and O–H groups in total. The van der Waals surface area contributed by atoms with Gasteiger partial charge in [0.2, 0.25) is 5.03 Å². The smallest absolute Gasteiger partial charge is 0.233 e. The van der Waals surface area contributed by atoms with Crippen molar-refractivity contribution in [3.8, 4) is 5.69 Å². The number of aryl methyl sites for hydroxylation is 1. The third kappa shape index (κ3) is 3.00. The van der Waals surface area contributed by atoms with Gasteiger partial charge in [0, 0.05) is 25.5 Å². The quantitative estimate of drug-likeness (QED) is 0.514. The van der Waals surface area contributed by atoms with Crippen LogP contribution in [0.15, 0.2) is 53.8 Å². The van der Waals surface area contributed by atoms with E-state index in [4.69, 9.17) is 0 Å². The maximum absolute atomic E-state index is 13.2. The second-order valence-corrected chi connectivity index (χ2v) is 8.86. The number of halogens is 1. The summed E-state index contributed by atoms with van der Waals surface area (Å²) in [7, 11) is -2.11. The van der Waals surface area contributed by atoms with E-state index in [1.54, 1.807) is 30.1 Å². The molecule has 0 fully saturated rings. The Balaban J connectivity index is 1.51. The molecule has 0 unspecified atom stereocenters. The highest BCUT2D eigenvalue weighted by molar-refractivity contribution is 7.89. The first-order chi connectivity index (χ1) is 13.9. The minimum Gasteiger partial charge on any atom is -0.233 e. The summed E-state index contributed by atoms with van der Waals surface area (Å²) in [5.74, 6) is -0.299. The Morgan fingerprint density at radius 3 is 2.55 bits per heavy atom. The van der Waals surface area contributed by atoms with Crippen molar-refractivity contribution in [3.05, 3.63) is 65.7 Å². The van der Waals surface area contributed by atoms with Crippen LogP contribution in [0.5, 0.6) is 0 Å². The molecule has 1 aliphatic heterocycles. The molecule has 3 heterocycles. The van der Waals surface area contributed by atoms with Crippen LogP contribution in [0.3, 0.4) is 0 Å². The normalized spacial score (nSPS) is 15.0. The molecule has 1 aliphatic rings. The predicted molar refractivity (Wildman–Crippen MR) is 103 cm³/mol. The Morgan fingerprint density at radius 2 is 1.83 bits per heavy atom. The minimum absolute atomic E-state index is 0.0475. The van der Waals surface area contributed by atoms with E-state index < -0.39 is 10.0 Å². The first-order valence-electron chi connectivity index (χ1n) is 9.04. The van der Waals surface area contributed by atoms with E-state index in [-0.39, 0.29) is 17.4 Å². The van der Waals surface area contributed by atoms with Gasteiger partial charge in [-0.1, -0.05) is 0 Å². The van der Waals surface area contributed by atoms with E-state index in [0.29, 0.717) is 13.0 Å². The molecule has 0 radical (unpaired) electrons. The maximum Gasteiger partial charge on any atom is 0.264 e. The largest absolute Gasteiger partial charge is 0.264 e. The summed E-state index contributed by atoms with van der Waals surface area (Å²) in [6.45, 7) is 0.633. The Kier molecular flexibility index (Phi) is 4.00. The Bertz CT molecular complexity index is 1330. The number of nitrogens with zero attached hydrogens (tertiary/aromatic N) is 6. The number of rotatable bonds is 3. The highest BCUT2D eigenvalue weighted by Gasteiger charge is 2.31. The summed E-state index contributed by atoms with van der Waals surface area (Å²) in [5.41, 5.74) is 3.69. The fraction of sp³-hybridized carbons (Fsp3) is 0.211. The van der Waals surface area contributed by atoms with E-state index in [2.05, 4.69) is 15.3 Å². The van der Waals surface area contributed by atoms with Crippen molar-refractivity contribution in [2.75, 3.05) is 6.54 Å². The SMILES string of the molecule is Cn1ncc(S(=O)(=O)N2CCc3cc4c(cnn4-c4ccc(F)cc4)cc3C2)n1. The van der Waals surface area contributed by atoms with Crippen LogP contribution >= 0.6 is 0 Å². The van der Waals surface area contributed by atoms with Gasteiger partial charge in [-0.15, -0.1) is 5.10 Å². The first-order valence-corrected chi connectivity index (χ1v) is 10.5. The number of benzene rings is 2. The number of sulfonamides is 1. The molecule has 0 amide bonds. The number of fused-ring (bicyclic) bond motifs is 2. The second-order valence-electron chi connectivity index (χ2n) is 6.97. The monoisotopic (exact) mass is 412 g/mol. The van der Waals surface area contributed by atoms with Crippen LogP contribution in [0.2, 0.25) is 0 Å². The molecule has 4 aromatic rings. The van der Waals surface area contributed by atoms with Crippen LogP contribution in [-0.2, 0) is 30.0 Å². The molecule has 10 heteroatoms. The van der Waals surface area contributed by atoms with Gasteiger partial charge in [-0.25, -0.2) is 17.5 Å². The lowest BCUT2D eigenvalue weighted by molar-refractivity contribution is 0.389. The lowest BCUT2D eigenvalue weighted by atomic mass is 9.99. The fourth-order valence-corrected chi connectivity index (χ4v) is 4.94. The predicted octanol–water partition coefficient (Wildman–Crippen LogP) is 2.04. The van der Waals surface area contributed by atoms with Gasteiger partial charge in [-0.2, -0.15) is 19.3 Å². The molecule has 0 saturated heterocycles. The summed E-state index contributed by atoms with van der Waals surface area (Å²) in [6, 6.07) is 10.2. The van der Waals surface area contributed by atoms with E-state index in [1.807, 2.05) is 12.1 Å². The van der Waals surface area contributed by atoms with Crippen molar-refractivity contribution in [1.29, 1.82) is 0 Å². The highest BCUT2D eigenvalue weighted by atomic mass is 32.2. The van der Waals surface area contributed by atoms with Gasteiger partial charge < -0.3 is 0 Å². The number of hydrogen-bond donors (Lipinski definition) is 0. The van der Waals surface area contributed by atoms with Crippen LogP contribution in [0.1, 0.15) is 11.1 Å². The summed E-state index contributed by atoms with van der Waals surface area (Å²) < 4.78 is 42.1. The van der Waals surface area contributed by atoms with E-state index >= 15 is 0 Å². The summed E-state index contributed by atoms with van der Waals surface area (Å²) in [4.78, 5) is 1.23. The zero-order chi connectivity index (χ0) is 20.2. The molecule has 0 saturated carbocycles. The number of aromatic nitrogens is 5. The minimum atomic E-state index is -3.70.